The van der Waals surface area contributed by atoms with Crippen molar-refractivity contribution in [1.29, 1.82) is 0 Å². The first kappa shape index (κ1) is 13.1. The Morgan fingerprint density at radius 1 is 1.25 bits per heavy atom. The highest BCUT2D eigenvalue weighted by molar-refractivity contribution is 5.30. The van der Waals surface area contributed by atoms with E-state index in [9.17, 15) is 0 Å². The van der Waals surface area contributed by atoms with Crippen LogP contribution in [0.1, 0.15) is 30.0 Å². The predicted octanol–water partition coefficient (Wildman–Crippen LogP) is 2.52. The Labute approximate surface area is 118 Å². The molecular formula is C15H19N3O2. The zero-order valence-electron chi connectivity index (χ0n) is 11.9. The van der Waals surface area contributed by atoms with Crippen LogP contribution in [0.3, 0.4) is 0 Å². The second-order valence-electron chi connectivity index (χ2n) is 5.00. The van der Waals surface area contributed by atoms with Crippen LogP contribution in [0.5, 0.6) is 0 Å². The van der Waals surface area contributed by atoms with Crippen LogP contribution in [-0.2, 0) is 11.2 Å². The van der Waals surface area contributed by atoms with E-state index in [0.29, 0.717) is 18.5 Å². The summed E-state index contributed by atoms with van der Waals surface area (Å²) in [6, 6.07) is 9.20. The van der Waals surface area contributed by atoms with Gasteiger partial charge in [-0.25, -0.2) is 0 Å². The molecule has 1 aromatic heterocycles. The quantitative estimate of drug-likeness (QED) is 0.860. The predicted molar refractivity (Wildman–Crippen MR) is 75.8 cm³/mol. The van der Waals surface area contributed by atoms with Crippen molar-refractivity contribution in [2.75, 3.05) is 24.6 Å². The molecule has 0 aliphatic carbocycles. The van der Waals surface area contributed by atoms with E-state index < -0.39 is 0 Å². The molecule has 2 heterocycles. The Bertz CT molecular complexity index is 565. The molecule has 2 aromatic rings. The molecule has 1 aliphatic rings. The summed E-state index contributed by atoms with van der Waals surface area (Å²) in [4.78, 5) is 2.09. The van der Waals surface area contributed by atoms with E-state index in [1.165, 1.54) is 11.1 Å². The fourth-order valence-electron chi connectivity index (χ4n) is 2.41. The number of hydrogen-bond acceptors (Lipinski definition) is 5. The van der Waals surface area contributed by atoms with E-state index in [2.05, 4.69) is 46.3 Å². The van der Waals surface area contributed by atoms with Gasteiger partial charge in [0.25, 0.3) is 0 Å². The van der Waals surface area contributed by atoms with Gasteiger partial charge in [0.2, 0.25) is 5.89 Å². The van der Waals surface area contributed by atoms with E-state index in [1.54, 1.807) is 6.92 Å². The minimum absolute atomic E-state index is 0.0573. The molecule has 5 nitrogen and oxygen atoms in total. The molecule has 0 spiro atoms. The van der Waals surface area contributed by atoms with Crippen molar-refractivity contribution < 1.29 is 9.15 Å². The smallest absolute Gasteiger partial charge is 0.318 e. The van der Waals surface area contributed by atoms with Gasteiger partial charge in [-0.15, -0.1) is 5.10 Å². The molecule has 5 heteroatoms. The van der Waals surface area contributed by atoms with Gasteiger partial charge in [0, 0.05) is 13.5 Å². The molecule has 0 bridgehead atoms. The van der Waals surface area contributed by atoms with Gasteiger partial charge in [0.1, 0.15) is 6.10 Å². The van der Waals surface area contributed by atoms with Crippen molar-refractivity contribution in [1.82, 2.24) is 10.2 Å². The summed E-state index contributed by atoms with van der Waals surface area (Å²) in [6.45, 7) is 6.16. The molecule has 1 unspecified atom stereocenters. The van der Waals surface area contributed by atoms with Crippen molar-refractivity contribution in [3.63, 3.8) is 0 Å². The fraction of sp³-hybridized carbons (Fsp3) is 0.467. The SMILES string of the molecule is CCc1ccc(C2CN(c3nnc(C)o3)CCO2)cc1. The van der Waals surface area contributed by atoms with Gasteiger partial charge >= 0.3 is 6.01 Å². The molecule has 0 amide bonds. The molecule has 1 fully saturated rings. The van der Waals surface area contributed by atoms with Crippen LogP contribution in [0.15, 0.2) is 28.7 Å². The van der Waals surface area contributed by atoms with E-state index in [1.807, 2.05) is 0 Å². The highest BCUT2D eigenvalue weighted by atomic mass is 16.5. The largest absolute Gasteiger partial charge is 0.408 e. The fourth-order valence-corrected chi connectivity index (χ4v) is 2.41. The molecule has 1 saturated heterocycles. The summed E-state index contributed by atoms with van der Waals surface area (Å²) < 4.78 is 11.4. The topological polar surface area (TPSA) is 51.4 Å². The molecular weight excluding hydrogens is 254 g/mol. The Morgan fingerprint density at radius 3 is 2.70 bits per heavy atom. The molecule has 1 aromatic carbocycles. The maximum atomic E-state index is 5.86. The standard InChI is InChI=1S/C15H19N3O2/c1-3-12-4-6-13(7-5-12)14-10-18(8-9-19-14)15-17-16-11(2)20-15/h4-7,14H,3,8-10H2,1-2H3. The first-order valence-corrected chi connectivity index (χ1v) is 7.01. The van der Waals surface area contributed by atoms with Crippen LogP contribution in [0, 0.1) is 6.92 Å². The van der Waals surface area contributed by atoms with E-state index in [0.717, 1.165) is 19.5 Å². The Morgan fingerprint density at radius 2 is 2.05 bits per heavy atom. The van der Waals surface area contributed by atoms with Gasteiger partial charge in [-0.3, -0.25) is 0 Å². The number of aromatic nitrogens is 2. The van der Waals surface area contributed by atoms with Crippen molar-refractivity contribution in [2.24, 2.45) is 0 Å². The van der Waals surface area contributed by atoms with E-state index >= 15 is 0 Å². The zero-order chi connectivity index (χ0) is 13.9. The number of rotatable bonds is 3. The lowest BCUT2D eigenvalue weighted by Gasteiger charge is -2.31. The highest BCUT2D eigenvalue weighted by Crippen LogP contribution is 2.25. The number of anilines is 1. The van der Waals surface area contributed by atoms with Crippen molar-refractivity contribution in [3.05, 3.63) is 41.3 Å². The van der Waals surface area contributed by atoms with Crippen molar-refractivity contribution in [2.45, 2.75) is 26.4 Å². The molecule has 0 radical (unpaired) electrons. The Balaban J connectivity index is 1.74. The van der Waals surface area contributed by atoms with Gasteiger partial charge in [-0.05, 0) is 17.5 Å². The van der Waals surface area contributed by atoms with Gasteiger partial charge in [0.05, 0.1) is 13.2 Å². The van der Waals surface area contributed by atoms with Crippen LogP contribution < -0.4 is 4.90 Å². The second-order valence-corrected chi connectivity index (χ2v) is 5.00. The molecule has 20 heavy (non-hydrogen) atoms. The van der Waals surface area contributed by atoms with Crippen LogP contribution in [0.2, 0.25) is 0 Å². The maximum Gasteiger partial charge on any atom is 0.318 e. The molecule has 0 saturated carbocycles. The monoisotopic (exact) mass is 273 g/mol. The lowest BCUT2D eigenvalue weighted by Crippen LogP contribution is -2.38. The molecule has 0 N–H and O–H groups in total. The Hall–Kier alpha value is -1.88. The minimum Gasteiger partial charge on any atom is -0.408 e. The molecule has 3 rings (SSSR count). The molecule has 106 valence electrons. The average Bonchev–Trinajstić information content (AvgIpc) is 2.94. The Kier molecular flexibility index (Phi) is 3.69. The van der Waals surface area contributed by atoms with Crippen LogP contribution in [0.25, 0.3) is 0 Å². The number of aryl methyl sites for hydroxylation is 2. The summed E-state index contributed by atoms with van der Waals surface area (Å²) in [5.41, 5.74) is 2.54. The lowest BCUT2D eigenvalue weighted by molar-refractivity contribution is 0.0380. The number of morpholine rings is 1. The summed E-state index contributed by atoms with van der Waals surface area (Å²) in [5.74, 6) is 0.593. The molecule has 1 atom stereocenters. The van der Waals surface area contributed by atoms with Crippen LogP contribution in [0.4, 0.5) is 6.01 Å². The number of nitrogens with zero attached hydrogens (tertiary/aromatic N) is 3. The zero-order valence-corrected chi connectivity index (χ0v) is 11.9. The van der Waals surface area contributed by atoms with Crippen LogP contribution in [-0.4, -0.2) is 29.9 Å². The van der Waals surface area contributed by atoms with Gasteiger partial charge in [-0.2, -0.15) is 0 Å². The van der Waals surface area contributed by atoms with Crippen molar-refractivity contribution in [3.8, 4) is 0 Å². The van der Waals surface area contributed by atoms with Gasteiger partial charge < -0.3 is 14.1 Å². The van der Waals surface area contributed by atoms with E-state index in [4.69, 9.17) is 9.15 Å². The second kappa shape index (κ2) is 5.63. The average molecular weight is 273 g/mol. The van der Waals surface area contributed by atoms with Crippen LogP contribution >= 0.6 is 0 Å². The molecule has 1 aliphatic heterocycles. The van der Waals surface area contributed by atoms with E-state index in [-0.39, 0.29) is 6.10 Å². The third kappa shape index (κ3) is 2.67. The first-order chi connectivity index (χ1) is 9.76. The summed E-state index contributed by atoms with van der Waals surface area (Å²) >= 11 is 0. The summed E-state index contributed by atoms with van der Waals surface area (Å²) in [7, 11) is 0. The number of hydrogen-bond donors (Lipinski definition) is 0. The van der Waals surface area contributed by atoms with Crippen molar-refractivity contribution >= 4 is 6.01 Å². The first-order valence-electron chi connectivity index (χ1n) is 7.01. The number of ether oxygens (including phenoxy) is 1. The van der Waals surface area contributed by atoms with Gasteiger partial charge in [0.15, 0.2) is 0 Å². The maximum absolute atomic E-state index is 5.86. The highest BCUT2D eigenvalue weighted by Gasteiger charge is 2.25. The third-order valence-electron chi connectivity index (χ3n) is 3.61. The summed E-state index contributed by atoms with van der Waals surface area (Å²) in [6.07, 6.45) is 1.11. The lowest BCUT2D eigenvalue weighted by atomic mass is 10.0. The van der Waals surface area contributed by atoms with Gasteiger partial charge in [-0.1, -0.05) is 36.3 Å². The number of benzene rings is 1. The minimum atomic E-state index is 0.0573. The third-order valence-corrected chi connectivity index (χ3v) is 3.61. The summed E-state index contributed by atoms with van der Waals surface area (Å²) in [5, 5.41) is 7.96. The normalized spacial score (nSPS) is 19.3.